The normalized spacial score (nSPS) is 12.1. The van der Waals surface area contributed by atoms with Crippen molar-refractivity contribution in [2.45, 2.75) is 44.1 Å². The average Bonchev–Trinajstić information content (AvgIpc) is 2.80. The number of hydrogen-bond donors (Lipinski definition) is 0. The molecule has 0 radical (unpaired) electrons. The first-order valence-corrected chi connectivity index (χ1v) is 7.53. The third-order valence-electron chi connectivity index (χ3n) is 3.15. The molecule has 1 aromatic heterocycles. The molecule has 0 bridgehead atoms. The number of aromatic nitrogens is 3. The molecule has 1 heterocycles. The number of hydrogen-bond acceptors (Lipinski definition) is 4. The van der Waals surface area contributed by atoms with Gasteiger partial charge < -0.3 is 4.57 Å². The highest BCUT2D eigenvalue weighted by molar-refractivity contribution is 8.00. The van der Waals surface area contributed by atoms with Crippen molar-refractivity contribution < 1.29 is 0 Å². The largest absolute Gasteiger partial charge is 0.307 e. The van der Waals surface area contributed by atoms with E-state index in [9.17, 15) is 5.26 Å². The van der Waals surface area contributed by atoms with Crippen LogP contribution < -0.4 is 0 Å². The molecule has 20 heavy (non-hydrogen) atoms. The van der Waals surface area contributed by atoms with Crippen LogP contribution in [0.2, 0.25) is 0 Å². The third kappa shape index (κ3) is 3.40. The predicted octanol–water partition coefficient (Wildman–Crippen LogP) is 3.14. The number of aryl methyl sites for hydroxylation is 2. The Morgan fingerprint density at radius 1 is 1.25 bits per heavy atom. The van der Waals surface area contributed by atoms with E-state index in [0.29, 0.717) is 0 Å². The molecule has 0 amide bonds. The number of rotatable bonds is 5. The summed E-state index contributed by atoms with van der Waals surface area (Å²) in [7, 11) is 0. The van der Waals surface area contributed by atoms with Crippen molar-refractivity contribution in [3.8, 4) is 6.07 Å². The lowest BCUT2D eigenvalue weighted by atomic mass is 10.1. The van der Waals surface area contributed by atoms with E-state index in [1.807, 2.05) is 11.5 Å². The Morgan fingerprint density at radius 3 is 2.55 bits per heavy atom. The molecule has 2 rings (SSSR count). The predicted molar refractivity (Wildman–Crippen MR) is 80.6 cm³/mol. The van der Waals surface area contributed by atoms with Crippen LogP contribution in [0, 0.1) is 25.2 Å². The molecule has 0 unspecified atom stereocenters. The second kappa shape index (κ2) is 6.58. The fraction of sp³-hybridized carbons (Fsp3) is 0.400. The standard InChI is InChI=1S/C15H18N4S/c1-4-19-12(3)17-18-15(19)20-14(10-16)9-13-7-5-11(2)6-8-13/h5-8,14H,4,9H2,1-3H3/t14-/m0/s1. The van der Waals surface area contributed by atoms with Gasteiger partial charge in [0.05, 0.1) is 6.07 Å². The van der Waals surface area contributed by atoms with Gasteiger partial charge in [0, 0.05) is 6.54 Å². The van der Waals surface area contributed by atoms with Crippen LogP contribution in [0.15, 0.2) is 29.4 Å². The zero-order chi connectivity index (χ0) is 14.5. The SMILES string of the molecule is CCn1c(C)nnc1S[C@H](C#N)Cc1ccc(C)cc1. The zero-order valence-corrected chi connectivity index (χ0v) is 12.8. The van der Waals surface area contributed by atoms with Crippen molar-refractivity contribution in [3.63, 3.8) is 0 Å². The summed E-state index contributed by atoms with van der Waals surface area (Å²) in [5, 5.41) is 18.3. The lowest BCUT2D eigenvalue weighted by Gasteiger charge is -2.10. The quantitative estimate of drug-likeness (QED) is 0.792. The summed E-state index contributed by atoms with van der Waals surface area (Å²) in [4.78, 5) is 0. The van der Waals surface area contributed by atoms with Gasteiger partial charge >= 0.3 is 0 Å². The molecule has 5 heteroatoms. The molecule has 1 atom stereocenters. The Kier molecular flexibility index (Phi) is 4.80. The van der Waals surface area contributed by atoms with Gasteiger partial charge in [0.2, 0.25) is 0 Å². The summed E-state index contributed by atoms with van der Waals surface area (Å²) in [6.45, 7) is 6.88. The van der Waals surface area contributed by atoms with E-state index >= 15 is 0 Å². The van der Waals surface area contributed by atoms with E-state index in [4.69, 9.17) is 0 Å². The molecule has 0 saturated heterocycles. The maximum absolute atomic E-state index is 9.35. The minimum Gasteiger partial charge on any atom is -0.307 e. The van der Waals surface area contributed by atoms with Crippen LogP contribution in [0.4, 0.5) is 0 Å². The van der Waals surface area contributed by atoms with E-state index < -0.39 is 0 Å². The molecule has 0 aliphatic carbocycles. The lowest BCUT2D eigenvalue weighted by Crippen LogP contribution is -2.07. The van der Waals surface area contributed by atoms with Gasteiger partial charge in [-0.05, 0) is 32.8 Å². The summed E-state index contributed by atoms with van der Waals surface area (Å²) in [5.74, 6) is 0.891. The van der Waals surface area contributed by atoms with Crippen molar-refractivity contribution in [1.29, 1.82) is 5.26 Å². The summed E-state index contributed by atoms with van der Waals surface area (Å²) in [6.07, 6.45) is 0.719. The molecule has 0 spiro atoms. The molecule has 0 N–H and O–H groups in total. The van der Waals surface area contributed by atoms with Gasteiger partial charge in [-0.15, -0.1) is 10.2 Å². The van der Waals surface area contributed by atoms with Crippen LogP contribution >= 0.6 is 11.8 Å². The van der Waals surface area contributed by atoms with Crippen LogP contribution in [-0.4, -0.2) is 20.0 Å². The number of nitrogens with zero attached hydrogens (tertiary/aromatic N) is 4. The Hall–Kier alpha value is -1.80. The first kappa shape index (κ1) is 14.6. The highest BCUT2D eigenvalue weighted by atomic mass is 32.2. The van der Waals surface area contributed by atoms with Crippen molar-refractivity contribution in [3.05, 3.63) is 41.2 Å². The number of benzene rings is 1. The first-order chi connectivity index (χ1) is 9.63. The summed E-state index contributed by atoms with van der Waals surface area (Å²) < 4.78 is 2.03. The third-order valence-corrected chi connectivity index (χ3v) is 4.22. The monoisotopic (exact) mass is 286 g/mol. The molecule has 0 aliphatic heterocycles. The van der Waals surface area contributed by atoms with Crippen molar-refractivity contribution in [2.75, 3.05) is 0 Å². The number of thioether (sulfide) groups is 1. The second-order valence-corrected chi connectivity index (χ2v) is 5.87. The summed E-state index contributed by atoms with van der Waals surface area (Å²) in [5.41, 5.74) is 2.41. The van der Waals surface area contributed by atoms with Gasteiger partial charge in [0.1, 0.15) is 11.1 Å². The van der Waals surface area contributed by atoms with Gasteiger partial charge in [0.25, 0.3) is 0 Å². The van der Waals surface area contributed by atoms with Gasteiger partial charge in [-0.25, -0.2) is 0 Å². The van der Waals surface area contributed by atoms with Crippen LogP contribution in [0.3, 0.4) is 0 Å². The van der Waals surface area contributed by atoms with E-state index in [1.165, 1.54) is 22.9 Å². The Balaban J connectivity index is 2.09. The fourth-order valence-corrected chi connectivity index (χ4v) is 3.05. The zero-order valence-electron chi connectivity index (χ0n) is 12.0. The Labute approximate surface area is 123 Å². The topological polar surface area (TPSA) is 54.5 Å². The molecular weight excluding hydrogens is 268 g/mol. The van der Waals surface area contributed by atoms with E-state index in [-0.39, 0.29) is 5.25 Å². The molecule has 1 aromatic carbocycles. The first-order valence-electron chi connectivity index (χ1n) is 6.65. The summed E-state index contributed by atoms with van der Waals surface area (Å²) >= 11 is 1.49. The van der Waals surface area contributed by atoms with Crippen molar-refractivity contribution in [1.82, 2.24) is 14.8 Å². The molecule has 4 nitrogen and oxygen atoms in total. The van der Waals surface area contributed by atoms with Gasteiger partial charge in [0.15, 0.2) is 5.16 Å². The molecular formula is C15H18N4S. The fourth-order valence-electron chi connectivity index (χ4n) is 1.99. The van der Waals surface area contributed by atoms with Crippen LogP contribution in [0.1, 0.15) is 23.9 Å². The van der Waals surface area contributed by atoms with E-state index in [0.717, 1.165) is 23.9 Å². The molecule has 104 valence electrons. The number of nitriles is 1. The van der Waals surface area contributed by atoms with E-state index in [1.54, 1.807) is 0 Å². The molecule has 0 saturated carbocycles. The van der Waals surface area contributed by atoms with Gasteiger partial charge in [-0.1, -0.05) is 41.6 Å². The van der Waals surface area contributed by atoms with E-state index in [2.05, 4.69) is 54.4 Å². The Bertz CT molecular complexity index is 610. The van der Waals surface area contributed by atoms with Crippen LogP contribution in [0.25, 0.3) is 0 Å². The average molecular weight is 286 g/mol. The van der Waals surface area contributed by atoms with Crippen LogP contribution in [0.5, 0.6) is 0 Å². The maximum Gasteiger partial charge on any atom is 0.192 e. The summed E-state index contributed by atoms with van der Waals surface area (Å²) in [6, 6.07) is 10.7. The van der Waals surface area contributed by atoms with Gasteiger partial charge in [-0.2, -0.15) is 5.26 Å². The Morgan fingerprint density at radius 2 is 1.95 bits per heavy atom. The molecule has 0 fully saturated rings. The van der Waals surface area contributed by atoms with Gasteiger partial charge in [-0.3, -0.25) is 0 Å². The lowest BCUT2D eigenvalue weighted by molar-refractivity contribution is 0.661. The second-order valence-electron chi connectivity index (χ2n) is 4.70. The maximum atomic E-state index is 9.35. The van der Waals surface area contributed by atoms with Crippen LogP contribution in [-0.2, 0) is 13.0 Å². The van der Waals surface area contributed by atoms with Crippen molar-refractivity contribution >= 4 is 11.8 Å². The molecule has 0 aliphatic rings. The minimum atomic E-state index is -0.147. The van der Waals surface area contributed by atoms with Crippen molar-refractivity contribution in [2.24, 2.45) is 0 Å². The smallest absolute Gasteiger partial charge is 0.192 e. The highest BCUT2D eigenvalue weighted by Crippen LogP contribution is 2.24. The molecule has 2 aromatic rings. The highest BCUT2D eigenvalue weighted by Gasteiger charge is 2.16. The minimum absolute atomic E-state index is 0.147.